The molecule has 2 N–H and O–H groups in total. The van der Waals surface area contributed by atoms with Crippen LogP contribution in [-0.4, -0.2) is 10.9 Å². The Balaban J connectivity index is 3.50. The topological polar surface area (TPSA) is 56.0 Å². The number of nitrogens with two attached hydrogens (primary N) is 1. The Morgan fingerprint density at radius 2 is 2.07 bits per heavy atom. The van der Waals surface area contributed by atoms with E-state index in [-0.39, 0.29) is 14.6 Å². The van der Waals surface area contributed by atoms with Gasteiger partial charge in [-0.25, -0.2) is 13.8 Å². The van der Waals surface area contributed by atoms with Gasteiger partial charge in [0, 0.05) is 16.2 Å². The minimum Gasteiger partial charge on any atom is -0.366 e. The number of carbonyl (C=O) groups excluding carboxylic acids is 1. The summed E-state index contributed by atoms with van der Waals surface area (Å²) in [6.07, 6.45) is -1.61. The van der Waals surface area contributed by atoms with Crippen LogP contribution in [0.3, 0.4) is 0 Å². The van der Waals surface area contributed by atoms with Crippen LogP contribution in [0.5, 0.6) is 0 Å². The van der Waals surface area contributed by atoms with Crippen molar-refractivity contribution >= 4 is 37.8 Å². The quantitative estimate of drug-likeness (QED) is 0.848. The van der Waals surface area contributed by atoms with Crippen LogP contribution in [-0.2, 0) is 0 Å². The molecule has 0 radical (unpaired) electrons. The fraction of sp³-hybridized carbons (Fsp3) is 0.143. The summed E-state index contributed by atoms with van der Waals surface area (Å²) < 4.78 is 25.2. The first-order valence-corrected chi connectivity index (χ1v) is 4.95. The molecular weight excluding hydrogens is 326 g/mol. The lowest BCUT2D eigenvalue weighted by Crippen LogP contribution is -2.16. The van der Waals surface area contributed by atoms with Crippen molar-refractivity contribution in [3.05, 3.63) is 26.4 Å². The molecule has 0 spiro atoms. The summed E-state index contributed by atoms with van der Waals surface area (Å²) in [5.41, 5.74) is 4.22. The van der Waals surface area contributed by atoms with Crippen molar-refractivity contribution in [2.45, 2.75) is 6.43 Å². The second-order valence-electron chi connectivity index (χ2n) is 2.35. The van der Waals surface area contributed by atoms with Gasteiger partial charge in [0.25, 0.3) is 12.3 Å². The predicted octanol–water partition coefficient (Wildman–Crippen LogP) is 2.64. The average Bonchev–Trinajstić information content (AvgIpc) is 2.07. The van der Waals surface area contributed by atoms with Crippen LogP contribution in [0.25, 0.3) is 0 Å². The maximum atomic E-state index is 12.5. The number of rotatable bonds is 2. The zero-order valence-electron chi connectivity index (χ0n) is 6.60. The Morgan fingerprint density at radius 1 is 1.50 bits per heavy atom. The zero-order valence-corrected chi connectivity index (χ0v) is 9.77. The molecule has 0 fully saturated rings. The van der Waals surface area contributed by atoms with Gasteiger partial charge in [-0.05, 0) is 31.9 Å². The molecule has 0 aliphatic heterocycles. The van der Waals surface area contributed by atoms with Gasteiger partial charge in [0.05, 0.1) is 5.56 Å². The lowest BCUT2D eigenvalue weighted by molar-refractivity contribution is 0.0984. The number of nitrogens with zero attached hydrogens (tertiary/aromatic N) is 1. The number of halogens is 4. The molecule has 0 atom stereocenters. The summed E-state index contributed by atoms with van der Waals surface area (Å²) >= 11 is 5.76. The van der Waals surface area contributed by atoms with E-state index in [1.807, 2.05) is 0 Å². The van der Waals surface area contributed by atoms with E-state index in [2.05, 4.69) is 36.8 Å². The van der Waals surface area contributed by atoms with Crippen LogP contribution in [0.15, 0.2) is 15.3 Å². The third-order valence-corrected chi connectivity index (χ3v) is 2.72. The van der Waals surface area contributed by atoms with E-state index in [0.717, 1.165) is 0 Å². The lowest BCUT2D eigenvalue weighted by atomic mass is 10.1. The molecule has 1 rings (SSSR count). The predicted molar refractivity (Wildman–Crippen MR) is 53.1 cm³/mol. The van der Waals surface area contributed by atoms with Gasteiger partial charge in [0.1, 0.15) is 4.60 Å². The second-order valence-corrected chi connectivity index (χ2v) is 3.96. The number of amides is 1. The molecule has 14 heavy (non-hydrogen) atoms. The molecule has 0 bridgehead atoms. The Hall–Kier alpha value is -0.560. The smallest absolute Gasteiger partial charge is 0.265 e. The number of hydrogen-bond donors (Lipinski definition) is 1. The van der Waals surface area contributed by atoms with Crippen LogP contribution in [0.1, 0.15) is 22.3 Å². The Morgan fingerprint density at radius 3 is 2.43 bits per heavy atom. The minimum absolute atomic E-state index is 0.0171. The average molecular weight is 330 g/mol. The first-order chi connectivity index (χ1) is 6.45. The summed E-state index contributed by atoms with van der Waals surface area (Å²) in [5, 5.41) is 0. The van der Waals surface area contributed by atoms with E-state index >= 15 is 0 Å². The van der Waals surface area contributed by atoms with Gasteiger partial charge in [-0.1, -0.05) is 0 Å². The van der Waals surface area contributed by atoms with Crippen LogP contribution >= 0.6 is 31.9 Å². The third kappa shape index (κ3) is 2.09. The summed E-state index contributed by atoms with van der Waals surface area (Å²) in [7, 11) is 0. The van der Waals surface area contributed by atoms with E-state index in [1.165, 1.54) is 6.20 Å². The van der Waals surface area contributed by atoms with Gasteiger partial charge in [0.2, 0.25) is 0 Å². The number of pyridine rings is 1. The number of carbonyl (C=O) groups is 1. The standard InChI is InChI=1S/C7H4Br2F2N2O/c8-2-1-13-5(9)4(7(12)14)3(2)6(10)11/h1,6H,(H2,12,14). The summed E-state index contributed by atoms with van der Waals surface area (Å²) in [6, 6.07) is 0. The SMILES string of the molecule is NC(=O)c1c(Br)ncc(Br)c1C(F)F. The van der Waals surface area contributed by atoms with Crippen LogP contribution in [0, 0.1) is 0 Å². The Labute approximate surface area is 94.9 Å². The molecule has 0 aliphatic rings. The summed E-state index contributed by atoms with van der Waals surface area (Å²) in [6.45, 7) is 0. The maximum absolute atomic E-state index is 12.5. The zero-order chi connectivity index (χ0) is 10.9. The van der Waals surface area contributed by atoms with Gasteiger partial charge >= 0.3 is 0 Å². The van der Waals surface area contributed by atoms with Gasteiger partial charge < -0.3 is 5.73 Å². The van der Waals surface area contributed by atoms with E-state index in [1.54, 1.807) is 0 Å². The largest absolute Gasteiger partial charge is 0.366 e. The highest BCUT2D eigenvalue weighted by Gasteiger charge is 2.23. The number of alkyl halides is 2. The first kappa shape index (κ1) is 11.5. The molecule has 0 saturated carbocycles. The molecule has 0 aliphatic carbocycles. The molecule has 1 heterocycles. The molecular formula is C7H4Br2F2N2O. The number of aromatic nitrogens is 1. The van der Waals surface area contributed by atoms with Crippen molar-refractivity contribution in [1.82, 2.24) is 4.98 Å². The molecule has 1 aromatic rings. The first-order valence-electron chi connectivity index (χ1n) is 3.37. The monoisotopic (exact) mass is 328 g/mol. The number of primary amides is 1. The molecule has 0 saturated heterocycles. The Bertz CT molecular complexity index is 384. The highest BCUT2D eigenvalue weighted by molar-refractivity contribution is 9.11. The van der Waals surface area contributed by atoms with Gasteiger partial charge in [-0.15, -0.1) is 0 Å². The normalized spacial score (nSPS) is 10.6. The molecule has 1 aromatic heterocycles. The molecule has 3 nitrogen and oxygen atoms in total. The Kier molecular flexibility index (Phi) is 3.54. The van der Waals surface area contributed by atoms with Crippen molar-refractivity contribution < 1.29 is 13.6 Å². The molecule has 0 unspecified atom stereocenters. The van der Waals surface area contributed by atoms with Crippen molar-refractivity contribution in [2.75, 3.05) is 0 Å². The third-order valence-electron chi connectivity index (χ3n) is 1.49. The van der Waals surface area contributed by atoms with Crippen LogP contribution < -0.4 is 5.73 Å². The fourth-order valence-electron chi connectivity index (χ4n) is 0.926. The van der Waals surface area contributed by atoms with E-state index < -0.39 is 17.9 Å². The van der Waals surface area contributed by atoms with Crippen molar-refractivity contribution in [1.29, 1.82) is 0 Å². The van der Waals surface area contributed by atoms with Crippen molar-refractivity contribution in [3.8, 4) is 0 Å². The van der Waals surface area contributed by atoms with E-state index in [9.17, 15) is 13.6 Å². The fourth-order valence-corrected chi connectivity index (χ4v) is 1.91. The lowest BCUT2D eigenvalue weighted by Gasteiger charge is -2.08. The molecule has 76 valence electrons. The molecule has 0 aromatic carbocycles. The summed E-state index contributed by atoms with van der Waals surface area (Å²) in [4.78, 5) is 14.6. The molecule has 1 amide bonds. The second kappa shape index (κ2) is 4.31. The summed E-state index contributed by atoms with van der Waals surface area (Å²) in [5.74, 6) is -0.944. The minimum atomic E-state index is -2.79. The molecule has 7 heteroatoms. The van der Waals surface area contributed by atoms with Gasteiger partial charge in [-0.2, -0.15) is 0 Å². The van der Waals surface area contributed by atoms with Crippen LogP contribution in [0.4, 0.5) is 8.78 Å². The van der Waals surface area contributed by atoms with E-state index in [4.69, 9.17) is 5.73 Å². The van der Waals surface area contributed by atoms with Crippen molar-refractivity contribution in [2.24, 2.45) is 5.73 Å². The van der Waals surface area contributed by atoms with Crippen LogP contribution in [0.2, 0.25) is 0 Å². The highest BCUT2D eigenvalue weighted by Crippen LogP contribution is 2.32. The van der Waals surface area contributed by atoms with E-state index in [0.29, 0.717) is 0 Å². The highest BCUT2D eigenvalue weighted by atomic mass is 79.9. The van der Waals surface area contributed by atoms with Gasteiger partial charge in [-0.3, -0.25) is 4.79 Å². The van der Waals surface area contributed by atoms with Gasteiger partial charge in [0.15, 0.2) is 0 Å². The van der Waals surface area contributed by atoms with Crippen molar-refractivity contribution in [3.63, 3.8) is 0 Å². The number of hydrogen-bond acceptors (Lipinski definition) is 2. The maximum Gasteiger partial charge on any atom is 0.265 e.